The van der Waals surface area contributed by atoms with E-state index < -0.39 is 53.4 Å². The third kappa shape index (κ3) is 11.2. The van der Waals surface area contributed by atoms with E-state index in [0.29, 0.717) is 0 Å². The number of hydrogen-bond acceptors (Lipinski definition) is 12. The van der Waals surface area contributed by atoms with E-state index in [1.165, 1.54) is 30.3 Å². The van der Waals surface area contributed by atoms with Gasteiger partial charge in [0.25, 0.3) is 0 Å². The summed E-state index contributed by atoms with van der Waals surface area (Å²) in [6.45, 7) is 0.913. The number of ether oxygens (including phenoxy) is 7. The first-order valence-corrected chi connectivity index (χ1v) is 22.3. The van der Waals surface area contributed by atoms with Crippen LogP contribution in [0.15, 0.2) is 191 Å². The molecule has 2 heterocycles. The second kappa shape index (κ2) is 21.9. The highest BCUT2D eigenvalue weighted by Crippen LogP contribution is 2.41. The molecule has 9 rings (SSSR count). The minimum absolute atomic E-state index is 0.0162. The fourth-order valence-corrected chi connectivity index (χ4v) is 8.00. The van der Waals surface area contributed by atoms with Gasteiger partial charge in [0, 0.05) is 17.7 Å². The summed E-state index contributed by atoms with van der Waals surface area (Å²) in [6.07, 6.45) is -5.06. The maximum atomic E-state index is 15.0. The SMILES string of the molecule is O=c1c(O[C@@H]2O[C@H](COCc3ccccc3)[C@@H](OCc3ccccc3)[C@H](OCc3ccccc3)[C@H]2OCc2ccccc2)[13c](-c2ccc(O)c(O)c2)oc2cc(OCc3ccccc3)cc(O)c12. The highest BCUT2D eigenvalue weighted by Gasteiger charge is 2.50. The standard InChI is InChI=1S/C56H50O12/c57-44-27-26-42(28-45(44)58)51-53(50(60)49-46(59)29-43(30-47(49)66-51)62-32-38-18-8-2-9-19-38)68-56-55(65-35-41-24-14-5-15-25-41)54(64-34-40-22-12-4-13-23-40)52(63-33-39-20-10-3-11-21-39)48(67-56)36-61-31-37-16-6-1-7-17-37/h1-30,48,52,54-59H,31-36H2/t48-,52-,54+,55-,56+/m1/s1/i51+1. The molecule has 346 valence electrons. The van der Waals surface area contributed by atoms with Gasteiger partial charge < -0.3 is 52.9 Å². The van der Waals surface area contributed by atoms with Crippen molar-refractivity contribution in [2.75, 3.05) is 6.61 Å². The number of hydrogen-bond donors (Lipinski definition) is 3. The Hall–Kier alpha value is -7.45. The number of phenols is 3. The van der Waals surface area contributed by atoms with E-state index in [4.69, 9.17) is 37.6 Å². The molecule has 1 aliphatic heterocycles. The smallest absolute Gasteiger partial charge is 0.239 e. The predicted molar refractivity (Wildman–Crippen MR) is 254 cm³/mol. The summed E-state index contributed by atoms with van der Waals surface area (Å²) in [7, 11) is 0. The monoisotopic (exact) mass is 915 g/mol. The van der Waals surface area contributed by atoms with E-state index in [9.17, 15) is 20.1 Å². The van der Waals surface area contributed by atoms with Crippen LogP contribution in [0.3, 0.4) is 0 Å². The van der Waals surface area contributed by atoms with Crippen LogP contribution in [0, 0.1) is 0 Å². The van der Waals surface area contributed by atoms with Gasteiger partial charge in [0.2, 0.25) is 17.5 Å². The first-order valence-electron chi connectivity index (χ1n) is 22.3. The Morgan fingerprint density at radius 1 is 0.485 bits per heavy atom. The van der Waals surface area contributed by atoms with Crippen molar-refractivity contribution >= 4 is 11.0 Å². The highest BCUT2D eigenvalue weighted by atomic mass is 16.7. The Balaban J connectivity index is 1.15. The number of aromatic hydroxyl groups is 3. The van der Waals surface area contributed by atoms with Crippen molar-refractivity contribution < 1.29 is 52.9 Å². The lowest BCUT2D eigenvalue weighted by Crippen LogP contribution is -2.62. The number of phenolic OH excluding ortho intramolecular Hbond substituents is 3. The van der Waals surface area contributed by atoms with Crippen molar-refractivity contribution in [1.29, 1.82) is 0 Å². The summed E-state index contributed by atoms with van der Waals surface area (Å²) < 4.78 is 53.1. The number of fused-ring (bicyclic) bond motifs is 1. The zero-order valence-electron chi connectivity index (χ0n) is 37.0. The average Bonchev–Trinajstić information content (AvgIpc) is 3.37. The molecule has 7 aromatic carbocycles. The molecule has 0 saturated carbocycles. The van der Waals surface area contributed by atoms with Crippen molar-refractivity contribution in [1.82, 2.24) is 0 Å². The fourth-order valence-electron chi connectivity index (χ4n) is 8.00. The van der Waals surface area contributed by atoms with E-state index in [0.717, 1.165) is 27.8 Å². The molecule has 1 fully saturated rings. The van der Waals surface area contributed by atoms with Crippen molar-refractivity contribution in [2.24, 2.45) is 0 Å². The van der Waals surface area contributed by atoms with Crippen LogP contribution in [-0.4, -0.2) is 52.6 Å². The molecule has 3 N–H and O–H groups in total. The summed E-state index contributed by atoms with van der Waals surface area (Å²) >= 11 is 0. The topological polar surface area (TPSA) is 156 Å². The molecule has 68 heavy (non-hydrogen) atoms. The van der Waals surface area contributed by atoms with Crippen molar-refractivity contribution in [3.8, 4) is 40.1 Å². The molecule has 12 nitrogen and oxygen atoms in total. The molecule has 1 aliphatic rings. The molecule has 0 spiro atoms. The predicted octanol–water partition coefficient (Wildman–Crippen LogP) is 10.2. The van der Waals surface area contributed by atoms with Gasteiger partial charge in [0.1, 0.15) is 53.5 Å². The molecule has 1 saturated heterocycles. The van der Waals surface area contributed by atoms with Gasteiger partial charge in [-0.3, -0.25) is 4.79 Å². The van der Waals surface area contributed by atoms with Gasteiger partial charge in [-0.25, -0.2) is 0 Å². The van der Waals surface area contributed by atoms with E-state index in [-0.39, 0.29) is 73.4 Å². The molecular formula is C56H50O12. The molecule has 0 amide bonds. The van der Waals surface area contributed by atoms with E-state index >= 15 is 0 Å². The maximum Gasteiger partial charge on any atom is 0.239 e. The Bertz CT molecular complexity index is 2920. The van der Waals surface area contributed by atoms with Crippen LogP contribution in [0.1, 0.15) is 27.8 Å². The summed E-state index contributed by atoms with van der Waals surface area (Å²) in [5.41, 5.74) is 3.88. The second-order valence-electron chi connectivity index (χ2n) is 16.3. The van der Waals surface area contributed by atoms with Crippen LogP contribution in [-0.2, 0) is 56.7 Å². The summed E-state index contributed by atoms with van der Waals surface area (Å²) in [5, 5.41) is 32.4. The Morgan fingerprint density at radius 3 is 1.53 bits per heavy atom. The molecule has 1 aromatic heterocycles. The molecule has 0 unspecified atom stereocenters. The van der Waals surface area contributed by atoms with Gasteiger partial charge in [-0.2, -0.15) is 0 Å². The van der Waals surface area contributed by atoms with Gasteiger partial charge in [0.05, 0.1) is 33.0 Å². The zero-order chi connectivity index (χ0) is 46.7. The Kier molecular flexibility index (Phi) is 14.7. The second-order valence-corrected chi connectivity index (χ2v) is 16.3. The summed E-state index contributed by atoms with van der Waals surface area (Å²) in [6, 6.07) is 55.0. The minimum Gasteiger partial charge on any atom is -0.507 e. The normalized spacial score (nSPS) is 18.0. The van der Waals surface area contributed by atoms with Gasteiger partial charge >= 0.3 is 0 Å². The van der Waals surface area contributed by atoms with E-state index in [2.05, 4.69) is 0 Å². The Morgan fingerprint density at radius 2 is 0.985 bits per heavy atom. The quantitative estimate of drug-likeness (QED) is 0.0661. The van der Waals surface area contributed by atoms with Crippen LogP contribution < -0.4 is 14.9 Å². The molecule has 0 aliphatic carbocycles. The Labute approximate surface area is 393 Å². The van der Waals surface area contributed by atoms with Crippen LogP contribution in [0.4, 0.5) is 0 Å². The summed E-state index contributed by atoms with van der Waals surface area (Å²) in [4.78, 5) is 15.0. The molecule has 12 heteroatoms. The third-order valence-corrected chi connectivity index (χ3v) is 11.5. The van der Waals surface area contributed by atoms with Gasteiger partial charge in [-0.1, -0.05) is 152 Å². The molecule has 5 atom stereocenters. The van der Waals surface area contributed by atoms with Crippen molar-refractivity contribution in [3.05, 3.63) is 220 Å². The number of rotatable bonds is 19. The third-order valence-electron chi connectivity index (χ3n) is 11.5. The highest BCUT2D eigenvalue weighted by molar-refractivity contribution is 5.88. The van der Waals surface area contributed by atoms with Gasteiger partial charge in [-0.05, 0) is 46.0 Å². The first-order chi connectivity index (χ1) is 33.4. The largest absolute Gasteiger partial charge is 0.507 e. The van der Waals surface area contributed by atoms with Crippen LogP contribution in [0.25, 0.3) is 22.3 Å². The fraction of sp³-hybridized carbons (Fsp3) is 0.196. The lowest BCUT2D eigenvalue weighted by molar-refractivity contribution is -0.310. The van der Waals surface area contributed by atoms with Gasteiger partial charge in [-0.15, -0.1) is 0 Å². The molecular weight excluding hydrogens is 866 g/mol. The van der Waals surface area contributed by atoms with Crippen LogP contribution in [0.5, 0.6) is 28.7 Å². The number of benzene rings is 7. The summed E-state index contributed by atoms with van der Waals surface area (Å²) in [5.74, 6) is -1.56. The lowest BCUT2D eigenvalue weighted by atomic mass is 9.97. The van der Waals surface area contributed by atoms with Crippen molar-refractivity contribution in [3.63, 3.8) is 0 Å². The van der Waals surface area contributed by atoms with E-state index in [1.807, 2.05) is 152 Å². The molecule has 0 radical (unpaired) electrons. The zero-order valence-corrected chi connectivity index (χ0v) is 37.0. The molecule has 0 bridgehead atoms. The average molecular weight is 916 g/mol. The van der Waals surface area contributed by atoms with Crippen LogP contribution in [0.2, 0.25) is 0 Å². The van der Waals surface area contributed by atoms with Gasteiger partial charge in [0.15, 0.2) is 17.3 Å². The maximum absolute atomic E-state index is 15.0. The van der Waals surface area contributed by atoms with Crippen molar-refractivity contribution in [2.45, 2.75) is 63.7 Å². The molecule has 8 aromatic rings. The van der Waals surface area contributed by atoms with E-state index in [1.54, 1.807) is 0 Å². The van der Waals surface area contributed by atoms with Crippen LogP contribution >= 0.6 is 0 Å². The lowest BCUT2D eigenvalue weighted by Gasteiger charge is -2.45. The first kappa shape index (κ1) is 45.7. The minimum atomic E-state index is -1.40.